The predicted molar refractivity (Wildman–Crippen MR) is 134 cm³/mol. The lowest BCUT2D eigenvalue weighted by Gasteiger charge is -2.30. The predicted octanol–water partition coefficient (Wildman–Crippen LogP) is 3.40. The second-order valence-corrected chi connectivity index (χ2v) is 8.29. The number of halogens is 1. The zero-order chi connectivity index (χ0) is 20.3. The molecule has 30 heavy (non-hydrogen) atoms. The number of nitrogens with zero attached hydrogens (tertiary/aromatic N) is 2. The van der Waals surface area contributed by atoms with E-state index >= 15 is 0 Å². The Balaban J connectivity index is 0.00000320. The van der Waals surface area contributed by atoms with Crippen molar-refractivity contribution in [2.24, 2.45) is 10.9 Å². The third-order valence-electron chi connectivity index (χ3n) is 5.91. The van der Waals surface area contributed by atoms with Crippen molar-refractivity contribution in [2.45, 2.75) is 51.8 Å². The van der Waals surface area contributed by atoms with Crippen LogP contribution in [0.1, 0.15) is 43.7 Å². The molecule has 2 aliphatic rings. The molecular formula is C23H39IN4O2. The van der Waals surface area contributed by atoms with Gasteiger partial charge in [-0.2, -0.15) is 0 Å². The molecule has 0 aliphatic carbocycles. The molecule has 0 radical (unpaired) electrons. The van der Waals surface area contributed by atoms with E-state index in [4.69, 9.17) is 9.47 Å². The summed E-state index contributed by atoms with van der Waals surface area (Å²) in [6, 6.07) is 8.75. The van der Waals surface area contributed by atoms with Gasteiger partial charge in [0.25, 0.3) is 0 Å². The maximum absolute atomic E-state index is 5.81. The molecule has 0 amide bonds. The first-order valence-corrected chi connectivity index (χ1v) is 11.2. The average Bonchev–Trinajstić information content (AvgIpc) is 3.26. The molecule has 1 aromatic rings. The highest BCUT2D eigenvalue weighted by Crippen LogP contribution is 2.19. The van der Waals surface area contributed by atoms with Gasteiger partial charge in [0.2, 0.25) is 0 Å². The summed E-state index contributed by atoms with van der Waals surface area (Å²) < 4.78 is 11.1. The number of rotatable bonds is 9. The van der Waals surface area contributed by atoms with Crippen molar-refractivity contribution in [2.75, 3.05) is 46.5 Å². The normalized spacial score (nSPS) is 20.7. The molecule has 2 N–H and O–H groups in total. The largest absolute Gasteiger partial charge is 0.379 e. The summed E-state index contributed by atoms with van der Waals surface area (Å²) in [5.41, 5.74) is 2.76. The average molecular weight is 530 g/mol. The van der Waals surface area contributed by atoms with Gasteiger partial charge in [-0.3, -0.25) is 9.89 Å². The fourth-order valence-electron chi connectivity index (χ4n) is 3.92. The first-order chi connectivity index (χ1) is 14.2. The van der Waals surface area contributed by atoms with Crippen LogP contribution in [0.25, 0.3) is 0 Å². The van der Waals surface area contributed by atoms with Crippen LogP contribution in [0.15, 0.2) is 29.3 Å². The molecule has 3 rings (SSSR count). The van der Waals surface area contributed by atoms with Crippen LogP contribution in [0, 0.1) is 5.92 Å². The lowest BCUT2D eigenvalue weighted by Crippen LogP contribution is -2.38. The molecule has 7 heteroatoms. The lowest BCUT2D eigenvalue weighted by atomic mass is 9.98. The zero-order valence-corrected chi connectivity index (χ0v) is 20.9. The Kier molecular flexibility index (Phi) is 12.0. The van der Waals surface area contributed by atoms with Crippen molar-refractivity contribution in [3.8, 4) is 0 Å². The van der Waals surface area contributed by atoms with Gasteiger partial charge in [-0.15, -0.1) is 24.0 Å². The third-order valence-corrected chi connectivity index (χ3v) is 5.91. The maximum Gasteiger partial charge on any atom is 0.191 e. The highest BCUT2D eigenvalue weighted by molar-refractivity contribution is 14.0. The van der Waals surface area contributed by atoms with E-state index in [1.54, 1.807) is 0 Å². The third kappa shape index (κ3) is 8.69. The first-order valence-electron chi connectivity index (χ1n) is 11.2. The van der Waals surface area contributed by atoms with Gasteiger partial charge in [0, 0.05) is 39.9 Å². The van der Waals surface area contributed by atoms with Gasteiger partial charge in [0.15, 0.2) is 5.96 Å². The van der Waals surface area contributed by atoms with Crippen LogP contribution in [0.2, 0.25) is 0 Å². The van der Waals surface area contributed by atoms with Crippen LogP contribution >= 0.6 is 24.0 Å². The first kappa shape index (κ1) is 25.4. The number of nitrogens with one attached hydrogen (secondary N) is 2. The highest BCUT2D eigenvalue weighted by Gasteiger charge is 2.17. The molecule has 2 heterocycles. The van der Waals surface area contributed by atoms with Crippen molar-refractivity contribution in [3.05, 3.63) is 35.4 Å². The minimum atomic E-state index is 0. The molecule has 170 valence electrons. The number of piperidine rings is 1. The minimum Gasteiger partial charge on any atom is -0.379 e. The molecule has 0 spiro atoms. The van der Waals surface area contributed by atoms with Crippen molar-refractivity contribution < 1.29 is 9.47 Å². The molecule has 1 atom stereocenters. The SMILES string of the molecule is CN=C(NCCCOC1CCOC1)NCc1ccccc1CN1CCC(C)CC1.I. The quantitative estimate of drug-likeness (QED) is 0.222. The summed E-state index contributed by atoms with van der Waals surface area (Å²) >= 11 is 0. The molecule has 6 nitrogen and oxygen atoms in total. The van der Waals surface area contributed by atoms with E-state index in [9.17, 15) is 0 Å². The van der Waals surface area contributed by atoms with Gasteiger partial charge in [-0.25, -0.2) is 0 Å². The smallest absolute Gasteiger partial charge is 0.191 e. The fourth-order valence-corrected chi connectivity index (χ4v) is 3.92. The van der Waals surface area contributed by atoms with Crippen molar-refractivity contribution in [1.29, 1.82) is 0 Å². The summed E-state index contributed by atoms with van der Waals surface area (Å²) in [5, 5.41) is 6.85. The number of hydrogen-bond donors (Lipinski definition) is 2. The highest BCUT2D eigenvalue weighted by atomic mass is 127. The molecule has 2 saturated heterocycles. The van der Waals surface area contributed by atoms with Crippen LogP contribution in [-0.4, -0.2) is 63.5 Å². The monoisotopic (exact) mass is 530 g/mol. The van der Waals surface area contributed by atoms with E-state index in [1.165, 1.54) is 37.1 Å². The summed E-state index contributed by atoms with van der Waals surface area (Å²) in [4.78, 5) is 6.94. The fraction of sp³-hybridized carbons (Fsp3) is 0.696. The van der Waals surface area contributed by atoms with E-state index in [0.717, 1.165) is 64.2 Å². The second kappa shape index (κ2) is 14.2. The molecule has 0 aromatic heterocycles. The van der Waals surface area contributed by atoms with Crippen molar-refractivity contribution >= 4 is 29.9 Å². The second-order valence-electron chi connectivity index (χ2n) is 8.29. The summed E-state index contributed by atoms with van der Waals surface area (Å²) in [6.45, 7) is 9.79. The number of likely N-dealkylation sites (tertiary alicyclic amines) is 1. The van der Waals surface area contributed by atoms with E-state index in [0.29, 0.717) is 0 Å². The Labute approximate surface area is 199 Å². The molecule has 2 fully saturated rings. The Hall–Kier alpha value is -0.900. The standard InChI is InChI=1S/C23H38N4O2.HI/c1-19-8-12-27(13-9-19)17-21-7-4-3-6-20(21)16-26-23(24-2)25-11-5-14-29-22-10-15-28-18-22;/h3-4,6-7,19,22H,5,8-18H2,1-2H3,(H2,24,25,26);1H. The van der Waals surface area contributed by atoms with E-state index < -0.39 is 0 Å². The van der Waals surface area contributed by atoms with Crippen molar-refractivity contribution in [3.63, 3.8) is 0 Å². The van der Waals surface area contributed by atoms with E-state index in [1.807, 2.05) is 7.05 Å². The van der Waals surface area contributed by atoms with E-state index in [-0.39, 0.29) is 30.1 Å². The molecule has 0 saturated carbocycles. The molecule has 1 unspecified atom stereocenters. The van der Waals surface area contributed by atoms with Gasteiger partial charge in [-0.1, -0.05) is 31.2 Å². The van der Waals surface area contributed by atoms with Gasteiger partial charge in [-0.05, 0) is 55.8 Å². The van der Waals surface area contributed by atoms with Gasteiger partial charge in [0.1, 0.15) is 0 Å². The molecule has 0 bridgehead atoms. The number of hydrogen-bond acceptors (Lipinski definition) is 4. The summed E-state index contributed by atoms with van der Waals surface area (Å²) in [7, 11) is 1.82. The number of benzene rings is 1. The number of aliphatic imine (C=N–C) groups is 1. The van der Waals surface area contributed by atoms with Gasteiger partial charge < -0.3 is 20.1 Å². The minimum absolute atomic E-state index is 0. The topological polar surface area (TPSA) is 58.1 Å². The van der Waals surface area contributed by atoms with Gasteiger partial charge >= 0.3 is 0 Å². The zero-order valence-electron chi connectivity index (χ0n) is 18.6. The summed E-state index contributed by atoms with van der Waals surface area (Å²) in [5.74, 6) is 1.71. The van der Waals surface area contributed by atoms with Crippen LogP contribution in [0.5, 0.6) is 0 Å². The maximum atomic E-state index is 5.81. The van der Waals surface area contributed by atoms with Crippen LogP contribution in [0.4, 0.5) is 0 Å². The number of guanidine groups is 1. The molecule has 2 aliphatic heterocycles. The Morgan fingerprint density at radius 2 is 1.93 bits per heavy atom. The lowest BCUT2D eigenvalue weighted by molar-refractivity contribution is 0.0420. The van der Waals surface area contributed by atoms with E-state index in [2.05, 4.69) is 51.7 Å². The summed E-state index contributed by atoms with van der Waals surface area (Å²) in [6.07, 6.45) is 4.89. The Bertz CT molecular complexity index is 629. The van der Waals surface area contributed by atoms with Crippen LogP contribution in [-0.2, 0) is 22.6 Å². The number of ether oxygens (including phenoxy) is 2. The van der Waals surface area contributed by atoms with Crippen LogP contribution < -0.4 is 10.6 Å². The molecular weight excluding hydrogens is 491 g/mol. The molecule has 1 aromatic carbocycles. The Morgan fingerprint density at radius 3 is 2.63 bits per heavy atom. The van der Waals surface area contributed by atoms with Gasteiger partial charge in [0.05, 0.1) is 12.7 Å². The Morgan fingerprint density at radius 1 is 1.17 bits per heavy atom. The van der Waals surface area contributed by atoms with Crippen LogP contribution in [0.3, 0.4) is 0 Å². The van der Waals surface area contributed by atoms with Crippen molar-refractivity contribution in [1.82, 2.24) is 15.5 Å².